The van der Waals surface area contributed by atoms with Crippen LogP contribution in [0.25, 0.3) is 22.2 Å². The Labute approximate surface area is 191 Å². The third-order valence-electron chi connectivity index (χ3n) is 6.08. The summed E-state index contributed by atoms with van der Waals surface area (Å²) >= 11 is 0. The number of aromatic nitrogens is 2. The van der Waals surface area contributed by atoms with E-state index >= 15 is 0 Å². The zero-order chi connectivity index (χ0) is 22.4. The maximum absolute atomic E-state index is 12.4. The molecule has 0 spiro atoms. The first kappa shape index (κ1) is 23.7. The molecule has 0 amide bonds. The second kappa shape index (κ2) is 8.88. The van der Waals surface area contributed by atoms with Crippen molar-refractivity contribution >= 4 is 29.3 Å². The molecule has 2 unspecified atom stereocenters. The molecule has 3 heterocycles. The molecule has 1 aliphatic heterocycles. The lowest BCUT2D eigenvalue weighted by molar-refractivity contribution is 0.0691. The van der Waals surface area contributed by atoms with Gasteiger partial charge in [0.15, 0.2) is 5.56 Å². The van der Waals surface area contributed by atoms with Crippen LogP contribution in [0.5, 0.6) is 11.5 Å². The quantitative estimate of drug-likeness (QED) is 0.461. The molecule has 9 heteroatoms. The standard InChI is InChI=1S/C23H27N3O5.ClH/c1-5-11(2)24-10-14-7-13-8-15-18(9-17(13)26(14)4)31-12(3)6-16-20(15)25-22(28)19(21(16)27)23(29)30;/h7-9,11-12,24H,5-6,10H2,1-4H3,(H,29,30)(H2,25,27,28);1H. The monoisotopic (exact) mass is 461 g/mol. The van der Waals surface area contributed by atoms with Gasteiger partial charge in [0.25, 0.3) is 5.56 Å². The number of halogens is 1. The Balaban J connectivity index is 0.00000289. The van der Waals surface area contributed by atoms with E-state index in [9.17, 15) is 19.8 Å². The highest BCUT2D eigenvalue weighted by Crippen LogP contribution is 2.41. The number of aromatic hydroxyl groups is 1. The zero-order valence-corrected chi connectivity index (χ0v) is 19.3. The number of hydrogen-bond donors (Lipinski definition) is 4. The molecule has 0 saturated carbocycles. The van der Waals surface area contributed by atoms with Crippen molar-refractivity contribution in [2.75, 3.05) is 0 Å². The highest BCUT2D eigenvalue weighted by atomic mass is 35.5. The lowest BCUT2D eigenvalue weighted by atomic mass is 9.98. The highest BCUT2D eigenvalue weighted by Gasteiger charge is 2.29. The number of pyridine rings is 1. The van der Waals surface area contributed by atoms with Gasteiger partial charge in [0.1, 0.15) is 17.6 Å². The van der Waals surface area contributed by atoms with Gasteiger partial charge in [-0.2, -0.15) is 0 Å². The topological polar surface area (TPSA) is 117 Å². The minimum Gasteiger partial charge on any atom is -0.506 e. The molecule has 172 valence electrons. The van der Waals surface area contributed by atoms with Crippen molar-refractivity contribution in [2.24, 2.45) is 7.05 Å². The van der Waals surface area contributed by atoms with Crippen LogP contribution in [-0.4, -0.2) is 37.9 Å². The number of H-pyrrole nitrogens is 1. The second-order valence-electron chi connectivity index (χ2n) is 8.26. The number of carbonyl (C=O) groups is 1. The number of nitrogens with one attached hydrogen (secondary N) is 2. The largest absolute Gasteiger partial charge is 0.506 e. The Morgan fingerprint density at radius 2 is 2.09 bits per heavy atom. The minimum absolute atomic E-state index is 0. The zero-order valence-electron chi connectivity index (χ0n) is 18.5. The van der Waals surface area contributed by atoms with Crippen molar-refractivity contribution in [3.8, 4) is 22.8 Å². The lowest BCUT2D eigenvalue weighted by Gasteiger charge is -2.14. The molecule has 32 heavy (non-hydrogen) atoms. The Morgan fingerprint density at radius 1 is 1.38 bits per heavy atom. The fourth-order valence-corrected chi connectivity index (χ4v) is 4.11. The SMILES string of the molecule is CCC(C)NCc1cc2cc3c(cc2n1C)OC(C)Cc1c-3[nH]c(=O)c(C(=O)O)c1O.Cl. The number of hydrogen-bond acceptors (Lipinski definition) is 5. The summed E-state index contributed by atoms with van der Waals surface area (Å²) in [5, 5.41) is 24.4. The van der Waals surface area contributed by atoms with Gasteiger partial charge < -0.3 is 29.8 Å². The van der Waals surface area contributed by atoms with Crippen LogP contribution >= 0.6 is 12.4 Å². The Hall–Kier alpha value is -2.97. The molecule has 1 aliphatic rings. The van der Waals surface area contributed by atoms with Gasteiger partial charge in [0.05, 0.1) is 11.2 Å². The smallest absolute Gasteiger partial charge is 0.345 e. The summed E-state index contributed by atoms with van der Waals surface area (Å²) < 4.78 is 8.22. The molecule has 2 aromatic heterocycles. The van der Waals surface area contributed by atoms with Crippen LogP contribution in [0.1, 0.15) is 48.8 Å². The van der Waals surface area contributed by atoms with E-state index in [1.54, 1.807) is 0 Å². The predicted molar refractivity (Wildman–Crippen MR) is 125 cm³/mol. The first-order valence-corrected chi connectivity index (χ1v) is 10.4. The first-order chi connectivity index (χ1) is 14.7. The predicted octanol–water partition coefficient (Wildman–Crippen LogP) is 3.57. The number of rotatable bonds is 5. The molecule has 0 aliphatic carbocycles. The molecule has 2 atom stereocenters. The number of aryl methyl sites for hydroxylation is 1. The maximum Gasteiger partial charge on any atom is 0.345 e. The molecule has 0 radical (unpaired) electrons. The molecular formula is C23H28ClN3O5. The number of benzene rings is 1. The van der Waals surface area contributed by atoms with Crippen LogP contribution in [0, 0.1) is 0 Å². The molecule has 0 bridgehead atoms. The number of carboxylic acids is 1. The summed E-state index contributed by atoms with van der Waals surface area (Å²) in [4.78, 5) is 26.5. The van der Waals surface area contributed by atoms with E-state index in [1.165, 1.54) is 0 Å². The molecule has 3 aromatic rings. The first-order valence-electron chi connectivity index (χ1n) is 10.4. The van der Waals surface area contributed by atoms with Crippen molar-refractivity contribution < 1.29 is 19.7 Å². The van der Waals surface area contributed by atoms with E-state index < -0.39 is 22.8 Å². The Morgan fingerprint density at radius 3 is 2.75 bits per heavy atom. The van der Waals surface area contributed by atoms with Crippen molar-refractivity contribution in [2.45, 2.75) is 52.3 Å². The number of aromatic carboxylic acids is 1. The van der Waals surface area contributed by atoms with E-state index in [2.05, 4.69) is 34.8 Å². The third-order valence-corrected chi connectivity index (χ3v) is 6.08. The fourth-order valence-electron chi connectivity index (χ4n) is 4.11. The van der Waals surface area contributed by atoms with Crippen LogP contribution in [0.15, 0.2) is 23.0 Å². The average molecular weight is 462 g/mol. The number of fused-ring (bicyclic) bond motifs is 4. The fraction of sp³-hybridized carbons (Fsp3) is 0.391. The number of nitrogens with zero attached hydrogens (tertiary/aromatic N) is 1. The van der Waals surface area contributed by atoms with Crippen LogP contribution in [0.2, 0.25) is 0 Å². The van der Waals surface area contributed by atoms with Crippen molar-refractivity contribution in [3.63, 3.8) is 0 Å². The van der Waals surface area contributed by atoms with Crippen molar-refractivity contribution in [1.82, 2.24) is 14.9 Å². The third kappa shape index (κ3) is 3.96. The molecular weight excluding hydrogens is 434 g/mol. The summed E-state index contributed by atoms with van der Waals surface area (Å²) in [7, 11) is 2.00. The van der Waals surface area contributed by atoms with Crippen LogP contribution in [0.4, 0.5) is 0 Å². The highest BCUT2D eigenvalue weighted by molar-refractivity contribution is 5.94. The molecule has 0 fully saturated rings. The van der Waals surface area contributed by atoms with Gasteiger partial charge in [-0.1, -0.05) is 6.92 Å². The second-order valence-corrected chi connectivity index (χ2v) is 8.26. The Bertz CT molecular complexity index is 1250. The van der Waals surface area contributed by atoms with Gasteiger partial charge in [-0.25, -0.2) is 4.79 Å². The van der Waals surface area contributed by atoms with Gasteiger partial charge in [0, 0.05) is 54.3 Å². The maximum atomic E-state index is 12.4. The minimum atomic E-state index is -1.46. The molecule has 4 N–H and O–H groups in total. The average Bonchev–Trinajstić information content (AvgIpc) is 2.94. The number of ether oxygens (including phenoxy) is 1. The van der Waals surface area contributed by atoms with Gasteiger partial charge >= 0.3 is 5.97 Å². The van der Waals surface area contributed by atoms with Crippen LogP contribution in [-0.2, 0) is 20.0 Å². The molecule has 0 saturated heterocycles. The van der Waals surface area contributed by atoms with E-state index in [1.807, 2.05) is 26.1 Å². The van der Waals surface area contributed by atoms with Gasteiger partial charge in [-0.3, -0.25) is 4.79 Å². The normalized spacial score (nSPS) is 15.8. The summed E-state index contributed by atoms with van der Waals surface area (Å²) in [6.45, 7) is 6.85. The van der Waals surface area contributed by atoms with Gasteiger partial charge in [-0.15, -0.1) is 12.4 Å². The van der Waals surface area contributed by atoms with Crippen LogP contribution in [0.3, 0.4) is 0 Å². The van der Waals surface area contributed by atoms with Crippen molar-refractivity contribution in [3.05, 3.63) is 45.4 Å². The van der Waals surface area contributed by atoms with Gasteiger partial charge in [0.2, 0.25) is 0 Å². The van der Waals surface area contributed by atoms with Gasteiger partial charge in [-0.05, 0) is 32.4 Å². The number of aromatic amines is 1. The lowest BCUT2D eigenvalue weighted by Crippen LogP contribution is -2.25. The van der Waals surface area contributed by atoms with E-state index in [4.69, 9.17) is 4.74 Å². The Kier molecular flexibility index (Phi) is 6.57. The van der Waals surface area contributed by atoms with E-state index in [0.717, 1.165) is 29.6 Å². The molecule has 8 nitrogen and oxygen atoms in total. The number of carboxylic acid groups (broad SMARTS) is 1. The summed E-state index contributed by atoms with van der Waals surface area (Å²) in [6.07, 6.45) is 0.992. The van der Waals surface area contributed by atoms with Crippen molar-refractivity contribution in [1.29, 1.82) is 0 Å². The van der Waals surface area contributed by atoms with E-state index in [-0.39, 0.29) is 24.9 Å². The molecule has 4 rings (SSSR count). The molecule has 1 aromatic carbocycles. The summed E-state index contributed by atoms with van der Waals surface area (Å²) in [5.41, 5.74) is 2.02. The van der Waals surface area contributed by atoms with Crippen LogP contribution < -0.4 is 15.6 Å². The summed E-state index contributed by atoms with van der Waals surface area (Å²) in [5.74, 6) is -1.38. The summed E-state index contributed by atoms with van der Waals surface area (Å²) in [6, 6.07) is 6.35. The van der Waals surface area contributed by atoms with E-state index in [0.29, 0.717) is 28.6 Å².